The summed E-state index contributed by atoms with van der Waals surface area (Å²) in [7, 11) is 0. The van der Waals surface area contributed by atoms with E-state index in [1.807, 2.05) is 5.32 Å². The van der Waals surface area contributed by atoms with Crippen molar-refractivity contribution in [1.29, 1.82) is 0 Å². The first-order chi connectivity index (χ1) is 11.4. The maximum absolute atomic E-state index is 13.5. The SMILES string of the molecule is CCOC(=O)C1CCN(C(=O)C(=O)Nc2c(F)cccc2F)CC1. The topological polar surface area (TPSA) is 75.7 Å². The number of piperidine rings is 1. The molecule has 1 N–H and O–H groups in total. The van der Waals surface area contributed by atoms with Gasteiger partial charge in [0.15, 0.2) is 0 Å². The van der Waals surface area contributed by atoms with E-state index in [0.717, 1.165) is 18.2 Å². The van der Waals surface area contributed by atoms with Crippen LogP contribution in [0.4, 0.5) is 14.5 Å². The number of nitrogens with one attached hydrogen (secondary N) is 1. The molecule has 1 saturated heterocycles. The predicted molar refractivity (Wildman–Crippen MR) is 80.9 cm³/mol. The van der Waals surface area contributed by atoms with Crippen LogP contribution in [0.2, 0.25) is 0 Å². The van der Waals surface area contributed by atoms with E-state index in [-0.39, 0.29) is 31.6 Å². The van der Waals surface area contributed by atoms with Gasteiger partial charge < -0.3 is 15.0 Å². The summed E-state index contributed by atoms with van der Waals surface area (Å²) in [6, 6.07) is 3.12. The van der Waals surface area contributed by atoms with Crippen LogP contribution in [0.1, 0.15) is 19.8 Å². The molecule has 0 bridgehead atoms. The Hall–Kier alpha value is -2.51. The van der Waals surface area contributed by atoms with E-state index in [9.17, 15) is 23.2 Å². The highest BCUT2D eigenvalue weighted by Gasteiger charge is 2.31. The molecule has 2 amide bonds. The van der Waals surface area contributed by atoms with Gasteiger partial charge in [-0.2, -0.15) is 0 Å². The Morgan fingerprint density at radius 3 is 2.33 bits per heavy atom. The minimum Gasteiger partial charge on any atom is -0.466 e. The van der Waals surface area contributed by atoms with Crippen molar-refractivity contribution in [1.82, 2.24) is 4.90 Å². The van der Waals surface area contributed by atoms with Gasteiger partial charge in [0.05, 0.1) is 12.5 Å². The monoisotopic (exact) mass is 340 g/mol. The van der Waals surface area contributed by atoms with Gasteiger partial charge in [-0.1, -0.05) is 6.07 Å². The van der Waals surface area contributed by atoms with E-state index in [2.05, 4.69) is 0 Å². The molecule has 130 valence electrons. The number of rotatable bonds is 3. The highest BCUT2D eigenvalue weighted by molar-refractivity contribution is 6.39. The predicted octanol–water partition coefficient (Wildman–Crippen LogP) is 1.70. The van der Waals surface area contributed by atoms with Gasteiger partial charge >= 0.3 is 17.8 Å². The number of nitrogens with zero attached hydrogens (tertiary/aromatic N) is 1. The van der Waals surface area contributed by atoms with Crippen molar-refractivity contribution < 1.29 is 27.9 Å². The maximum atomic E-state index is 13.5. The van der Waals surface area contributed by atoms with Gasteiger partial charge in [0.2, 0.25) is 0 Å². The quantitative estimate of drug-likeness (QED) is 0.671. The lowest BCUT2D eigenvalue weighted by atomic mass is 9.97. The van der Waals surface area contributed by atoms with Crippen LogP contribution in [0.15, 0.2) is 18.2 Å². The number of hydrogen-bond acceptors (Lipinski definition) is 4. The van der Waals surface area contributed by atoms with Crippen LogP contribution >= 0.6 is 0 Å². The van der Waals surface area contributed by atoms with E-state index in [1.54, 1.807) is 6.92 Å². The van der Waals surface area contributed by atoms with E-state index >= 15 is 0 Å². The molecule has 2 rings (SSSR count). The Balaban J connectivity index is 1.93. The second kappa shape index (κ2) is 7.85. The van der Waals surface area contributed by atoms with Crippen LogP contribution in [0.3, 0.4) is 0 Å². The molecule has 0 unspecified atom stereocenters. The Morgan fingerprint density at radius 1 is 1.21 bits per heavy atom. The van der Waals surface area contributed by atoms with Gasteiger partial charge in [0.1, 0.15) is 17.3 Å². The fourth-order valence-corrected chi connectivity index (χ4v) is 2.51. The molecule has 0 atom stereocenters. The van der Waals surface area contributed by atoms with Crippen LogP contribution < -0.4 is 5.32 Å². The standard InChI is InChI=1S/C16H18F2N2O4/c1-2-24-16(23)10-6-8-20(9-7-10)15(22)14(21)19-13-11(17)4-3-5-12(13)18/h3-5,10H,2,6-9H2,1H3,(H,19,21). The number of benzene rings is 1. The number of esters is 1. The second-order valence-corrected chi connectivity index (χ2v) is 5.37. The molecule has 1 aromatic carbocycles. The lowest BCUT2D eigenvalue weighted by Gasteiger charge is -2.30. The minimum absolute atomic E-state index is 0.204. The first-order valence-electron chi connectivity index (χ1n) is 7.65. The number of carbonyl (C=O) groups is 3. The summed E-state index contributed by atoms with van der Waals surface area (Å²) in [6.45, 7) is 2.41. The molecular weight excluding hydrogens is 322 g/mol. The normalized spacial score (nSPS) is 15.0. The van der Waals surface area contributed by atoms with E-state index in [1.165, 1.54) is 4.90 Å². The number of likely N-dealkylation sites (tertiary alicyclic amines) is 1. The lowest BCUT2D eigenvalue weighted by Crippen LogP contribution is -2.45. The third-order valence-electron chi connectivity index (χ3n) is 3.80. The fraction of sp³-hybridized carbons (Fsp3) is 0.438. The van der Waals surface area contributed by atoms with Crippen molar-refractivity contribution in [3.05, 3.63) is 29.8 Å². The molecule has 0 radical (unpaired) electrons. The summed E-state index contributed by atoms with van der Waals surface area (Å²) in [6.07, 6.45) is 0.762. The van der Waals surface area contributed by atoms with Crippen LogP contribution in [-0.4, -0.2) is 42.4 Å². The average molecular weight is 340 g/mol. The van der Waals surface area contributed by atoms with Gasteiger partial charge in [-0.15, -0.1) is 0 Å². The molecular formula is C16H18F2N2O4. The van der Waals surface area contributed by atoms with Crippen LogP contribution in [0.5, 0.6) is 0 Å². The van der Waals surface area contributed by atoms with Crippen molar-refractivity contribution in [3.8, 4) is 0 Å². The molecule has 0 aliphatic carbocycles. The first kappa shape index (κ1) is 17.8. The Kier molecular flexibility index (Phi) is 5.83. The fourth-order valence-electron chi connectivity index (χ4n) is 2.51. The molecule has 8 heteroatoms. The Morgan fingerprint density at radius 2 is 1.79 bits per heavy atom. The smallest absolute Gasteiger partial charge is 0.314 e. The van der Waals surface area contributed by atoms with E-state index in [4.69, 9.17) is 4.74 Å². The van der Waals surface area contributed by atoms with Gasteiger partial charge in [-0.25, -0.2) is 8.78 Å². The van der Waals surface area contributed by atoms with Crippen molar-refractivity contribution in [2.45, 2.75) is 19.8 Å². The van der Waals surface area contributed by atoms with Crippen LogP contribution in [-0.2, 0) is 19.1 Å². The minimum atomic E-state index is -1.12. The van der Waals surface area contributed by atoms with Crippen LogP contribution in [0.25, 0.3) is 0 Å². The largest absolute Gasteiger partial charge is 0.466 e. The summed E-state index contributed by atoms with van der Waals surface area (Å²) < 4.78 is 31.9. The Labute approximate surface area is 137 Å². The number of hydrogen-bond donors (Lipinski definition) is 1. The molecule has 1 fully saturated rings. The molecule has 0 saturated carbocycles. The van der Waals surface area contributed by atoms with Crippen molar-refractivity contribution in [2.24, 2.45) is 5.92 Å². The van der Waals surface area contributed by atoms with Crippen molar-refractivity contribution in [2.75, 3.05) is 25.0 Å². The number of anilines is 1. The lowest BCUT2D eigenvalue weighted by molar-refractivity contribution is -0.152. The molecule has 0 spiro atoms. The first-order valence-corrected chi connectivity index (χ1v) is 7.65. The van der Waals surface area contributed by atoms with E-state index < -0.39 is 29.1 Å². The average Bonchev–Trinajstić information content (AvgIpc) is 2.58. The van der Waals surface area contributed by atoms with Gasteiger partial charge in [-0.05, 0) is 31.9 Å². The van der Waals surface area contributed by atoms with Crippen molar-refractivity contribution in [3.63, 3.8) is 0 Å². The van der Waals surface area contributed by atoms with Crippen molar-refractivity contribution >= 4 is 23.5 Å². The zero-order chi connectivity index (χ0) is 17.7. The number of para-hydroxylation sites is 1. The molecule has 1 heterocycles. The zero-order valence-corrected chi connectivity index (χ0v) is 13.2. The second-order valence-electron chi connectivity index (χ2n) is 5.37. The number of halogens is 2. The molecule has 1 aromatic rings. The third-order valence-corrected chi connectivity index (χ3v) is 3.80. The number of carbonyl (C=O) groups excluding carboxylic acids is 3. The highest BCUT2D eigenvalue weighted by Crippen LogP contribution is 2.20. The number of ether oxygens (including phenoxy) is 1. The van der Waals surface area contributed by atoms with Gasteiger partial charge in [0, 0.05) is 13.1 Å². The summed E-state index contributed by atoms with van der Waals surface area (Å²) >= 11 is 0. The molecule has 1 aliphatic rings. The molecule has 6 nitrogen and oxygen atoms in total. The zero-order valence-electron chi connectivity index (χ0n) is 13.2. The van der Waals surface area contributed by atoms with Gasteiger partial charge in [-0.3, -0.25) is 14.4 Å². The molecule has 24 heavy (non-hydrogen) atoms. The third kappa shape index (κ3) is 4.06. The summed E-state index contributed by atoms with van der Waals surface area (Å²) in [5.41, 5.74) is -0.655. The molecule has 0 aromatic heterocycles. The Bertz CT molecular complexity index is 623. The summed E-state index contributed by atoms with van der Waals surface area (Å²) in [5, 5.41) is 1.96. The van der Waals surface area contributed by atoms with Gasteiger partial charge in [0.25, 0.3) is 0 Å². The summed E-state index contributed by atoms with van der Waals surface area (Å²) in [5.74, 6) is -4.55. The highest BCUT2D eigenvalue weighted by atomic mass is 19.1. The summed E-state index contributed by atoms with van der Waals surface area (Å²) in [4.78, 5) is 36.9. The van der Waals surface area contributed by atoms with E-state index in [0.29, 0.717) is 12.8 Å². The molecule has 1 aliphatic heterocycles. The maximum Gasteiger partial charge on any atom is 0.314 e. The van der Waals surface area contributed by atoms with Crippen LogP contribution in [0, 0.1) is 17.6 Å². The number of amides is 2.